The van der Waals surface area contributed by atoms with E-state index in [0.717, 1.165) is 27.7 Å². The lowest BCUT2D eigenvalue weighted by atomic mass is 9.93. The molecule has 0 radical (unpaired) electrons. The first kappa shape index (κ1) is 24.5. The van der Waals surface area contributed by atoms with Crippen molar-refractivity contribution in [3.8, 4) is 0 Å². The number of carbonyl (C=O) groups excluding carboxylic acids is 2. The molecule has 35 heavy (non-hydrogen) atoms. The second-order valence-electron chi connectivity index (χ2n) is 8.29. The van der Waals surface area contributed by atoms with Gasteiger partial charge in [0.05, 0.1) is 23.7 Å². The van der Waals surface area contributed by atoms with Gasteiger partial charge in [-0.2, -0.15) is 0 Å². The third-order valence-corrected chi connectivity index (χ3v) is 6.57. The highest BCUT2D eigenvalue weighted by atomic mass is 32.2. The highest BCUT2D eigenvalue weighted by Gasteiger charge is 2.41. The number of aliphatic imine (C=N–C) groups is 1. The number of esters is 1. The Morgan fingerprint density at radius 2 is 2.09 bits per heavy atom. The van der Waals surface area contributed by atoms with Crippen molar-refractivity contribution in [2.75, 3.05) is 13.2 Å². The first-order chi connectivity index (χ1) is 17.0. The van der Waals surface area contributed by atoms with E-state index in [2.05, 4.69) is 27.9 Å². The molecule has 1 aromatic carbocycles. The Kier molecular flexibility index (Phi) is 7.82. The number of fused-ring (bicyclic) bond motifs is 1. The molecule has 1 atom stereocenters. The molecule has 8 heteroatoms. The number of nitrogens with one attached hydrogen (secondary N) is 1. The summed E-state index contributed by atoms with van der Waals surface area (Å²) in [5, 5.41) is 5.65. The summed E-state index contributed by atoms with van der Waals surface area (Å²) in [7, 11) is 0. The number of aromatic nitrogens is 1. The van der Waals surface area contributed by atoms with Crippen LogP contribution < -0.4 is 5.32 Å². The molecule has 3 heterocycles. The predicted octanol–water partition coefficient (Wildman–Crippen LogP) is 4.44. The molecule has 0 fully saturated rings. The summed E-state index contributed by atoms with van der Waals surface area (Å²) in [5.74, 6) is -0.535. The quantitative estimate of drug-likeness (QED) is 0.415. The minimum Gasteiger partial charge on any atom is -0.458 e. The highest BCUT2D eigenvalue weighted by Crippen LogP contribution is 2.44. The number of hydrogen-bond acceptors (Lipinski definition) is 7. The van der Waals surface area contributed by atoms with Crippen LogP contribution in [0.1, 0.15) is 36.2 Å². The number of thioether (sulfide) groups is 1. The number of pyridine rings is 1. The van der Waals surface area contributed by atoms with E-state index in [1.54, 1.807) is 12.3 Å². The lowest BCUT2D eigenvalue weighted by molar-refractivity contribution is -0.138. The van der Waals surface area contributed by atoms with Gasteiger partial charge in [-0.25, -0.2) is 9.79 Å². The van der Waals surface area contributed by atoms with E-state index in [4.69, 9.17) is 4.74 Å². The Bertz CT molecular complexity index is 1220. The van der Waals surface area contributed by atoms with Gasteiger partial charge in [-0.1, -0.05) is 60.3 Å². The Hall–Kier alpha value is -3.65. The third kappa shape index (κ3) is 5.71. The number of amidine groups is 1. The summed E-state index contributed by atoms with van der Waals surface area (Å²) in [6, 6.07) is 13.3. The summed E-state index contributed by atoms with van der Waals surface area (Å²) in [5.41, 5.74) is 4.80. The minimum atomic E-state index is -0.442. The minimum absolute atomic E-state index is 0.0981. The predicted molar refractivity (Wildman–Crippen MR) is 138 cm³/mol. The number of aryl methyl sites for hydroxylation is 1. The van der Waals surface area contributed by atoms with Crippen molar-refractivity contribution in [2.24, 2.45) is 4.99 Å². The smallest absolute Gasteiger partial charge is 0.338 e. The number of benzene rings is 1. The van der Waals surface area contributed by atoms with Gasteiger partial charge in [-0.05, 0) is 37.0 Å². The number of nitrogens with zero attached hydrogens (tertiary/aromatic N) is 3. The number of hydrogen-bond donors (Lipinski definition) is 1. The molecule has 1 amide bonds. The molecule has 7 nitrogen and oxygen atoms in total. The van der Waals surface area contributed by atoms with Crippen LogP contribution in [0.15, 0.2) is 88.7 Å². The van der Waals surface area contributed by atoms with Gasteiger partial charge in [-0.15, -0.1) is 0 Å². The van der Waals surface area contributed by atoms with Crippen LogP contribution in [0, 0.1) is 6.92 Å². The lowest BCUT2D eigenvalue weighted by Gasteiger charge is -2.36. The Balaban J connectivity index is 1.56. The average molecular weight is 489 g/mol. The monoisotopic (exact) mass is 488 g/mol. The van der Waals surface area contributed by atoms with E-state index in [0.29, 0.717) is 24.2 Å². The lowest BCUT2D eigenvalue weighted by Crippen LogP contribution is -2.38. The van der Waals surface area contributed by atoms with Gasteiger partial charge in [0.15, 0.2) is 5.17 Å². The molecule has 0 unspecified atom stereocenters. The first-order valence-electron chi connectivity index (χ1n) is 11.4. The molecule has 1 aromatic heterocycles. The van der Waals surface area contributed by atoms with Crippen molar-refractivity contribution in [3.63, 3.8) is 0 Å². The van der Waals surface area contributed by atoms with Gasteiger partial charge in [0.1, 0.15) is 6.61 Å². The number of ether oxygens (including phenoxy) is 1. The molecule has 0 bridgehead atoms. The van der Waals surface area contributed by atoms with E-state index in [-0.39, 0.29) is 18.9 Å². The van der Waals surface area contributed by atoms with Crippen molar-refractivity contribution in [1.29, 1.82) is 0 Å². The molecule has 2 aliphatic heterocycles. The van der Waals surface area contributed by atoms with E-state index < -0.39 is 12.0 Å². The largest absolute Gasteiger partial charge is 0.458 e. The third-order valence-electron chi connectivity index (χ3n) is 5.68. The average Bonchev–Trinajstić information content (AvgIpc) is 3.24. The molecule has 1 N–H and O–H groups in total. The van der Waals surface area contributed by atoms with Crippen LogP contribution in [0.2, 0.25) is 0 Å². The van der Waals surface area contributed by atoms with Crippen molar-refractivity contribution < 1.29 is 14.3 Å². The molecule has 2 aromatic rings. The van der Waals surface area contributed by atoms with Crippen LogP contribution in [-0.2, 0) is 20.7 Å². The van der Waals surface area contributed by atoms with Crippen molar-refractivity contribution >= 4 is 28.8 Å². The van der Waals surface area contributed by atoms with Crippen LogP contribution in [0.4, 0.5) is 0 Å². The van der Waals surface area contributed by atoms with Gasteiger partial charge >= 0.3 is 5.97 Å². The van der Waals surface area contributed by atoms with Gasteiger partial charge in [0, 0.05) is 30.6 Å². The molecule has 0 aliphatic carbocycles. The standard InChI is InChI=1S/C27H28N4O3S/c1-4-14-34-26(33)24-19(3)30-27-31(25(24)20-9-7-8-18(2)15-20)22(17-35-27)16-23(32)29-13-11-21-10-5-6-12-28-21/h4-10,12,15,17,25H,1,11,13-14,16H2,2-3H3,(H,29,32)/t25-/m1/s1. The Morgan fingerprint density at radius 3 is 2.83 bits per heavy atom. The van der Waals surface area contributed by atoms with E-state index in [1.807, 2.05) is 60.6 Å². The fraction of sp³-hybridized carbons (Fsp3) is 0.259. The van der Waals surface area contributed by atoms with Gasteiger partial charge in [-0.3, -0.25) is 9.78 Å². The molecule has 180 valence electrons. The SMILES string of the molecule is C=CCOC(=O)C1=C(C)N=C2SC=C(CC(=O)NCCc3ccccn3)N2[C@@H]1c1cccc(C)c1. The summed E-state index contributed by atoms with van der Waals surface area (Å²) >= 11 is 1.46. The van der Waals surface area contributed by atoms with Crippen LogP contribution >= 0.6 is 11.8 Å². The summed E-state index contributed by atoms with van der Waals surface area (Å²) in [4.78, 5) is 36.9. The van der Waals surface area contributed by atoms with E-state index >= 15 is 0 Å². The zero-order chi connectivity index (χ0) is 24.8. The number of allylic oxidation sites excluding steroid dienone is 1. The Labute approximate surface area is 209 Å². The molecule has 4 rings (SSSR count). The highest BCUT2D eigenvalue weighted by molar-refractivity contribution is 8.16. The molecular formula is C27H28N4O3S. The van der Waals surface area contributed by atoms with Crippen molar-refractivity contribution in [2.45, 2.75) is 32.7 Å². The second-order valence-corrected chi connectivity index (χ2v) is 9.13. The molecule has 0 spiro atoms. The zero-order valence-corrected chi connectivity index (χ0v) is 20.7. The van der Waals surface area contributed by atoms with E-state index in [1.165, 1.54) is 11.8 Å². The number of rotatable bonds is 9. The fourth-order valence-electron chi connectivity index (χ4n) is 4.10. The zero-order valence-electron chi connectivity index (χ0n) is 19.9. The molecular weight excluding hydrogens is 460 g/mol. The van der Waals surface area contributed by atoms with Gasteiger partial charge in [0.25, 0.3) is 0 Å². The van der Waals surface area contributed by atoms with Gasteiger partial charge in [0.2, 0.25) is 5.91 Å². The molecule has 0 saturated carbocycles. The maximum atomic E-state index is 13.1. The van der Waals surface area contributed by atoms with Crippen molar-refractivity contribution in [3.05, 3.63) is 101 Å². The molecule has 0 saturated heterocycles. The number of carbonyl (C=O) groups is 2. The van der Waals surface area contributed by atoms with Crippen LogP contribution in [0.3, 0.4) is 0 Å². The van der Waals surface area contributed by atoms with Crippen LogP contribution in [0.5, 0.6) is 0 Å². The topological polar surface area (TPSA) is 83.9 Å². The maximum Gasteiger partial charge on any atom is 0.338 e. The summed E-state index contributed by atoms with van der Waals surface area (Å²) in [6.45, 7) is 8.08. The molecule has 2 aliphatic rings. The summed E-state index contributed by atoms with van der Waals surface area (Å²) in [6.07, 6.45) is 4.11. The summed E-state index contributed by atoms with van der Waals surface area (Å²) < 4.78 is 5.42. The van der Waals surface area contributed by atoms with Gasteiger partial charge < -0.3 is 15.0 Å². The first-order valence-corrected chi connectivity index (χ1v) is 12.3. The fourth-order valence-corrected chi connectivity index (χ4v) is 5.07. The van der Waals surface area contributed by atoms with Crippen LogP contribution in [0.25, 0.3) is 0 Å². The maximum absolute atomic E-state index is 13.1. The van der Waals surface area contributed by atoms with Crippen molar-refractivity contribution in [1.82, 2.24) is 15.2 Å². The number of amides is 1. The normalized spacial score (nSPS) is 16.9. The Morgan fingerprint density at radius 1 is 1.23 bits per heavy atom. The second kappa shape index (κ2) is 11.2. The van der Waals surface area contributed by atoms with Crippen LogP contribution in [-0.4, -0.2) is 40.1 Å². The van der Waals surface area contributed by atoms with E-state index in [9.17, 15) is 9.59 Å².